The molecule has 0 bridgehead atoms. The molecule has 0 saturated heterocycles. The molecule has 6 heteroatoms. The number of carbonyl (C=O) groups excluding carboxylic acids is 2. The molecule has 4 nitrogen and oxygen atoms in total. The minimum absolute atomic E-state index is 0.0278. The number of ketones is 1. The molecular weight excluding hydrogens is 393 g/mol. The van der Waals surface area contributed by atoms with Crippen molar-refractivity contribution in [2.75, 3.05) is 7.11 Å². The standard InChI is InChI=1S/C23H21ClFNO3/c1-13(27)19-10-17(25)11-20-18-8-5-15(9-21(28)29-2)22(18)26(23(19)20)12-14-3-6-16(24)7-4-14/h3-4,6-7,10-11,15H,5,8-9,12H2,1-2H3/t15-/m1/s1. The second-order valence-corrected chi connectivity index (χ2v) is 7.93. The number of ether oxygens (including phenoxy) is 1. The number of aryl methyl sites for hydroxylation is 1. The molecule has 4 rings (SSSR count). The van der Waals surface area contributed by atoms with Gasteiger partial charge in [-0.2, -0.15) is 0 Å². The number of benzene rings is 2. The van der Waals surface area contributed by atoms with Gasteiger partial charge < -0.3 is 9.30 Å². The summed E-state index contributed by atoms with van der Waals surface area (Å²) in [5.74, 6) is -0.915. The van der Waals surface area contributed by atoms with Crippen LogP contribution in [-0.2, 0) is 22.5 Å². The first-order chi connectivity index (χ1) is 13.9. The van der Waals surface area contributed by atoms with E-state index >= 15 is 0 Å². The Morgan fingerprint density at radius 2 is 1.97 bits per heavy atom. The van der Waals surface area contributed by atoms with Crippen LogP contribution in [-0.4, -0.2) is 23.4 Å². The smallest absolute Gasteiger partial charge is 0.306 e. The molecule has 1 aromatic heterocycles. The molecule has 0 fully saturated rings. The summed E-state index contributed by atoms with van der Waals surface area (Å²) < 4.78 is 21.3. The van der Waals surface area contributed by atoms with Crippen LogP contribution in [0.25, 0.3) is 10.9 Å². The zero-order chi connectivity index (χ0) is 20.7. The molecule has 2 aromatic carbocycles. The van der Waals surface area contributed by atoms with E-state index in [4.69, 9.17) is 16.3 Å². The summed E-state index contributed by atoms with van der Waals surface area (Å²) in [6.45, 7) is 1.96. The van der Waals surface area contributed by atoms with Crippen molar-refractivity contribution >= 4 is 34.3 Å². The van der Waals surface area contributed by atoms with Gasteiger partial charge in [-0.25, -0.2) is 4.39 Å². The van der Waals surface area contributed by atoms with E-state index < -0.39 is 5.82 Å². The van der Waals surface area contributed by atoms with Crippen molar-refractivity contribution in [1.82, 2.24) is 4.57 Å². The highest BCUT2D eigenvalue weighted by molar-refractivity contribution is 6.30. The molecule has 29 heavy (non-hydrogen) atoms. The lowest BCUT2D eigenvalue weighted by Crippen LogP contribution is -2.13. The Labute approximate surface area is 173 Å². The fraction of sp³-hybridized carbons (Fsp3) is 0.304. The summed E-state index contributed by atoms with van der Waals surface area (Å²) in [5.41, 5.74) is 4.11. The van der Waals surface area contributed by atoms with E-state index in [2.05, 4.69) is 4.57 Å². The van der Waals surface area contributed by atoms with Gasteiger partial charge >= 0.3 is 5.97 Å². The molecule has 0 saturated carbocycles. The number of hydrogen-bond acceptors (Lipinski definition) is 3. The number of carbonyl (C=O) groups is 2. The topological polar surface area (TPSA) is 48.3 Å². The average molecular weight is 414 g/mol. The van der Waals surface area contributed by atoms with Crippen LogP contribution in [0, 0.1) is 5.82 Å². The zero-order valence-corrected chi connectivity index (χ0v) is 17.1. The van der Waals surface area contributed by atoms with Gasteiger partial charge in [-0.15, -0.1) is 0 Å². The lowest BCUT2D eigenvalue weighted by Gasteiger charge is -2.17. The predicted octanol–water partition coefficient (Wildman–Crippen LogP) is 5.28. The Balaban J connectivity index is 1.94. The third-order valence-corrected chi connectivity index (χ3v) is 5.93. The van der Waals surface area contributed by atoms with Gasteiger partial charge in [0.1, 0.15) is 5.82 Å². The number of hydrogen-bond donors (Lipinski definition) is 0. The van der Waals surface area contributed by atoms with Crippen LogP contribution < -0.4 is 0 Å². The molecule has 0 N–H and O–H groups in total. The normalized spacial score (nSPS) is 15.5. The first kappa shape index (κ1) is 19.6. The van der Waals surface area contributed by atoms with E-state index in [0.717, 1.165) is 40.6 Å². The van der Waals surface area contributed by atoms with Gasteiger partial charge in [0.15, 0.2) is 5.78 Å². The van der Waals surface area contributed by atoms with Gasteiger partial charge in [0.05, 0.1) is 19.0 Å². The lowest BCUT2D eigenvalue weighted by molar-refractivity contribution is -0.141. The fourth-order valence-corrected chi connectivity index (χ4v) is 4.54. The van der Waals surface area contributed by atoms with Crippen LogP contribution in [0.5, 0.6) is 0 Å². The van der Waals surface area contributed by atoms with E-state index in [-0.39, 0.29) is 24.1 Å². The second-order valence-electron chi connectivity index (χ2n) is 7.50. The van der Waals surface area contributed by atoms with Crippen LogP contribution >= 0.6 is 11.6 Å². The molecule has 1 aliphatic carbocycles. The van der Waals surface area contributed by atoms with E-state index in [1.165, 1.54) is 26.2 Å². The predicted molar refractivity (Wildman–Crippen MR) is 110 cm³/mol. The van der Waals surface area contributed by atoms with E-state index in [0.29, 0.717) is 17.1 Å². The third kappa shape index (κ3) is 3.55. The van der Waals surface area contributed by atoms with Crippen molar-refractivity contribution in [3.8, 4) is 0 Å². The van der Waals surface area contributed by atoms with Crippen LogP contribution in [0.1, 0.15) is 52.9 Å². The Bertz CT molecular complexity index is 1120. The molecule has 0 spiro atoms. The summed E-state index contributed by atoms with van der Waals surface area (Å²) in [6, 6.07) is 10.3. The van der Waals surface area contributed by atoms with Gasteiger partial charge in [-0.3, -0.25) is 9.59 Å². The third-order valence-electron chi connectivity index (χ3n) is 5.67. The maximum atomic E-state index is 14.3. The Morgan fingerprint density at radius 3 is 2.62 bits per heavy atom. The minimum atomic E-state index is -0.425. The molecule has 0 aliphatic heterocycles. The van der Waals surface area contributed by atoms with Gasteiger partial charge in [0, 0.05) is 34.1 Å². The van der Waals surface area contributed by atoms with Crippen molar-refractivity contribution in [3.63, 3.8) is 0 Å². The number of esters is 1. The quantitative estimate of drug-likeness (QED) is 0.422. The summed E-state index contributed by atoms with van der Waals surface area (Å²) in [6.07, 6.45) is 1.79. The Kier molecular flexibility index (Phi) is 5.17. The van der Waals surface area contributed by atoms with Crippen LogP contribution in [0.2, 0.25) is 5.02 Å². The summed E-state index contributed by atoms with van der Waals surface area (Å²) in [5, 5.41) is 1.40. The summed E-state index contributed by atoms with van der Waals surface area (Å²) in [7, 11) is 1.38. The van der Waals surface area contributed by atoms with Crippen molar-refractivity contribution in [1.29, 1.82) is 0 Å². The molecular formula is C23H21ClFNO3. The molecule has 0 amide bonds. The maximum Gasteiger partial charge on any atom is 0.306 e. The second kappa shape index (κ2) is 7.64. The van der Waals surface area contributed by atoms with Crippen molar-refractivity contribution < 1.29 is 18.7 Å². The SMILES string of the molecule is COC(=O)C[C@H]1CCc2c1n(Cc1ccc(Cl)cc1)c1c(C(C)=O)cc(F)cc21. The van der Waals surface area contributed by atoms with Crippen molar-refractivity contribution in [3.05, 3.63) is 69.6 Å². The van der Waals surface area contributed by atoms with Gasteiger partial charge in [0.2, 0.25) is 0 Å². The molecule has 1 heterocycles. The molecule has 1 atom stereocenters. The highest BCUT2D eigenvalue weighted by Crippen LogP contribution is 2.43. The molecule has 3 aromatic rings. The van der Waals surface area contributed by atoms with E-state index in [1.807, 2.05) is 24.3 Å². The monoisotopic (exact) mass is 413 g/mol. The van der Waals surface area contributed by atoms with Gasteiger partial charge in [0.25, 0.3) is 0 Å². The maximum absolute atomic E-state index is 14.3. The average Bonchev–Trinajstić information content (AvgIpc) is 3.22. The van der Waals surface area contributed by atoms with E-state index in [9.17, 15) is 14.0 Å². The van der Waals surface area contributed by atoms with Crippen LogP contribution in [0.15, 0.2) is 36.4 Å². The number of halogens is 2. The number of rotatable bonds is 5. The molecule has 0 radical (unpaired) electrons. The van der Waals surface area contributed by atoms with E-state index in [1.54, 1.807) is 0 Å². The summed E-state index contributed by atoms with van der Waals surface area (Å²) >= 11 is 6.02. The Morgan fingerprint density at radius 1 is 1.24 bits per heavy atom. The molecule has 1 aliphatic rings. The van der Waals surface area contributed by atoms with Gasteiger partial charge in [-0.1, -0.05) is 23.7 Å². The van der Waals surface area contributed by atoms with Crippen LogP contribution in [0.3, 0.4) is 0 Å². The first-order valence-corrected chi connectivity index (χ1v) is 9.93. The Hall–Kier alpha value is -2.66. The molecule has 0 unspecified atom stereocenters. The summed E-state index contributed by atoms with van der Waals surface area (Å²) in [4.78, 5) is 24.3. The van der Waals surface area contributed by atoms with Crippen molar-refractivity contribution in [2.45, 2.75) is 38.6 Å². The van der Waals surface area contributed by atoms with Crippen LogP contribution in [0.4, 0.5) is 4.39 Å². The highest BCUT2D eigenvalue weighted by atomic mass is 35.5. The number of aromatic nitrogens is 1. The number of methoxy groups -OCH3 is 1. The van der Waals surface area contributed by atoms with Gasteiger partial charge in [-0.05, 0) is 55.2 Å². The highest BCUT2D eigenvalue weighted by Gasteiger charge is 2.33. The molecule has 150 valence electrons. The first-order valence-electron chi connectivity index (χ1n) is 9.55. The fourth-order valence-electron chi connectivity index (χ4n) is 4.41. The number of nitrogens with zero attached hydrogens (tertiary/aromatic N) is 1. The largest absolute Gasteiger partial charge is 0.469 e. The number of fused-ring (bicyclic) bond motifs is 3. The minimum Gasteiger partial charge on any atom is -0.469 e. The van der Waals surface area contributed by atoms with Crippen molar-refractivity contribution in [2.24, 2.45) is 0 Å². The lowest BCUT2D eigenvalue weighted by atomic mass is 10.0. The number of Topliss-reactive ketones (excluding diaryl/α,β-unsaturated/α-hetero) is 1. The zero-order valence-electron chi connectivity index (χ0n) is 16.3.